The number of rotatable bonds is 5. The topological polar surface area (TPSA) is 79.2 Å². The van der Waals surface area contributed by atoms with Crippen molar-refractivity contribution >= 4 is 39.6 Å². The fourth-order valence-corrected chi connectivity index (χ4v) is 4.45. The molecule has 118 valence electrons. The number of amides is 1. The molecule has 0 aliphatic heterocycles. The van der Waals surface area contributed by atoms with Crippen molar-refractivity contribution in [2.24, 2.45) is 0 Å². The van der Waals surface area contributed by atoms with Crippen LogP contribution in [0.2, 0.25) is 0 Å². The van der Waals surface area contributed by atoms with Gasteiger partial charge in [0, 0.05) is 4.88 Å². The molecule has 0 atom stereocenters. The lowest BCUT2D eigenvalue weighted by Crippen LogP contribution is -2.21. The van der Waals surface area contributed by atoms with Gasteiger partial charge in [0.05, 0.1) is 12.0 Å². The lowest BCUT2D eigenvalue weighted by Gasteiger charge is -2.05. The fourth-order valence-electron chi connectivity index (χ4n) is 2.53. The second kappa shape index (κ2) is 6.94. The lowest BCUT2D eigenvalue weighted by atomic mass is 10.1. The molecule has 0 saturated carbocycles. The molecule has 1 aliphatic rings. The number of nitriles is 1. The van der Waals surface area contributed by atoms with Crippen molar-refractivity contribution in [3.63, 3.8) is 0 Å². The summed E-state index contributed by atoms with van der Waals surface area (Å²) in [6.45, 7) is -0.337. The highest BCUT2D eigenvalue weighted by atomic mass is 32.1. The zero-order valence-corrected chi connectivity index (χ0v) is 13.9. The highest BCUT2D eigenvalue weighted by Gasteiger charge is 2.23. The van der Waals surface area contributed by atoms with Crippen molar-refractivity contribution in [1.29, 1.82) is 5.26 Å². The van der Waals surface area contributed by atoms with Gasteiger partial charge in [0.25, 0.3) is 5.91 Å². The van der Waals surface area contributed by atoms with Crippen molar-refractivity contribution in [3.8, 4) is 6.07 Å². The van der Waals surface area contributed by atoms with E-state index in [0.29, 0.717) is 10.6 Å². The molecule has 0 radical (unpaired) electrons. The van der Waals surface area contributed by atoms with Crippen LogP contribution in [0, 0.1) is 11.3 Å². The number of nitrogens with one attached hydrogen (secondary N) is 1. The van der Waals surface area contributed by atoms with Gasteiger partial charge in [-0.15, -0.1) is 11.3 Å². The maximum absolute atomic E-state index is 11.9. The molecule has 2 aromatic heterocycles. The fraction of sp³-hybridized carbons (Fsp3) is 0.312. The molecular formula is C16H14N2O3S2. The molecule has 3 rings (SSSR count). The third-order valence-corrected chi connectivity index (χ3v) is 5.52. The minimum atomic E-state index is -0.437. The van der Waals surface area contributed by atoms with E-state index in [1.54, 1.807) is 0 Å². The summed E-state index contributed by atoms with van der Waals surface area (Å²) in [7, 11) is 0. The molecule has 0 unspecified atom stereocenters. The summed E-state index contributed by atoms with van der Waals surface area (Å²) < 4.78 is 4.98. The number of hydrogen-bond donors (Lipinski definition) is 1. The number of carbonyl (C=O) groups excluding carboxylic acids is 2. The average Bonchev–Trinajstić information content (AvgIpc) is 3.22. The first-order chi connectivity index (χ1) is 11.2. The quantitative estimate of drug-likeness (QED) is 0.844. The SMILES string of the molecule is N#Cc1c(NC(=O)COC(=O)Cc2ccsc2)sc2c1CCC2. The second-order valence-corrected chi connectivity index (χ2v) is 7.08. The molecule has 23 heavy (non-hydrogen) atoms. The highest BCUT2D eigenvalue weighted by Crippen LogP contribution is 2.38. The molecule has 5 nitrogen and oxygen atoms in total. The van der Waals surface area contributed by atoms with Gasteiger partial charge in [-0.1, -0.05) is 0 Å². The predicted molar refractivity (Wildman–Crippen MR) is 88.7 cm³/mol. The number of nitrogens with zero attached hydrogens (tertiary/aromatic N) is 1. The van der Waals surface area contributed by atoms with Crippen LogP contribution in [-0.4, -0.2) is 18.5 Å². The molecule has 0 saturated heterocycles. The predicted octanol–water partition coefficient (Wildman–Crippen LogP) is 2.89. The number of fused-ring (bicyclic) bond motifs is 1. The number of aryl methyl sites for hydroxylation is 1. The number of hydrogen-bond acceptors (Lipinski definition) is 6. The Morgan fingerprint density at radius 3 is 3.00 bits per heavy atom. The standard InChI is InChI=1S/C16H14N2O3S2/c17-7-12-11-2-1-3-13(11)23-16(12)18-14(19)8-21-15(20)6-10-4-5-22-9-10/h4-5,9H,1-3,6,8H2,(H,18,19). The molecule has 2 aromatic rings. The van der Waals surface area contributed by atoms with Gasteiger partial charge in [-0.3, -0.25) is 9.59 Å². The largest absolute Gasteiger partial charge is 0.455 e. The molecule has 2 heterocycles. The molecule has 1 aliphatic carbocycles. The van der Waals surface area contributed by atoms with Crippen LogP contribution in [0.1, 0.15) is 28.0 Å². The first-order valence-electron chi connectivity index (χ1n) is 7.18. The van der Waals surface area contributed by atoms with Gasteiger partial charge < -0.3 is 10.1 Å². The molecule has 1 amide bonds. The summed E-state index contributed by atoms with van der Waals surface area (Å²) >= 11 is 2.95. The lowest BCUT2D eigenvalue weighted by molar-refractivity contribution is -0.146. The second-order valence-electron chi connectivity index (χ2n) is 5.19. The van der Waals surface area contributed by atoms with E-state index >= 15 is 0 Å². The first-order valence-corrected chi connectivity index (χ1v) is 8.94. The van der Waals surface area contributed by atoms with Gasteiger partial charge in [-0.05, 0) is 47.2 Å². The van der Waals surface area contributed by atoms with E-state index in [1.807, 2.05) is 16.8 Å². The van der Waals surface area contributed by atoms with Crippen molar-refractivity contribution in [2.75, 3.05) is 11.9 Å². The summed E-state index contributed by atoms with van der Waals surface area (Å²) in [5, 5.41) is 16.3. The van der Waals surface area contributed by atoms with Crippen molar-refractivity contribution in [1.82, 2.24) is 0 Å². The Morgan fingerprint density at radius 2 is 2.26 bits per heavy atom. The number of esters is 1. The Labute approximate surface area is 141 Å². The molecule has 1 N–H and O–H groups in total. The van der Waals surface area contributed by atoms with Crippen LogP contribution in [-0.2, 0) is 33.6 Å². The van der Waals surface area contributed by atoms with Gasteiger partial charge in [0.2, 0.25) is 0 Å². The Morgan fingerprint density at radius 1 is 1.39 bits per heavy atom. The Balaban J connectivity index is 1.54. The van der Waals surface area contributed by atoms with Crippen molar-refractivity contribution in [3.05, 3.63) is 38.4 Å². The Hall–Kier alpha value is -2.17. The number of ether oxygens (including phenoxy) is 1. The summed E-state index contributed by atoms with van der Waals surface area (Å²) in [4.78, 5) is 24.8. The van der Waals surface area contributed by atoms with Crippen LogP contribution < -0.4 is 5.32 Å². The Kier molecular flexibility index (Phi) is 4.74. The zero-order chi connectivity index (χ0) is 16.2. The summed E-state index contributed by atoms with van der Waals surface area (Å²) in [6.07, 6.45) is 3.07. The minimum absolute atomic E-state index is 0.160. The monoisotopic (exact) mass is 346 g/mol. The van der Waals surface area contributed by atoms with Crippen molar-refractivity contribution < 1.29 is 14.3 Å². The van der Waals surface area contributed by atoms with Gasteiger partial charge in [0.15, 0.2) is 6.61 Å². The maximum Gasteiger partial charge on any atom is 0.310 e. The van der Waals surface area contributed by atoms with Crippen LogP contribution >= 0.6 is 22.7 Å². The average molecular weight is 346 g/mol. The summed E-state index contributed by atoms with van der Waals surface area (Å²) in [5.41, 5.74) is 2.49. The van der Waals surface area contributed by atoms with E-state index in [0.717, 1.165) is 30.4 Å². The van der Waals surface area contributed by atoms with E-state index < -0.39 is 11.9 Å². The zero-order valence-electron chi connectivity index (χ0n) is 12.3. The molecular weight excluding hydrogens is 332 g/mol. The van der Waals surface area contributed by atoms with E-state index in [1.165, 1.54) is 27.6 Å². The molecule has 7 heteroatoms. The van der Waals surface area contributed by atoms with Crippen LogP contribution in [0.3, 0.4) is 0 Å². The molecule has 0 fully saturated rings. The third kappa shape index (κ3) is 3.60. The van der Waals surface area contributed by atoms with E-state index in [-0.39, 0.29) is 13.0 Å². The van der Waals surface area contributed by atoms with Gasteiger partial charge in [-0.25, -0.2) is 0 Å². The minimum Gasteiger partial charge on any atom is -0.455 e. The van der Waals surface area contributed by atoms with Crippen LogP contribution in [0.25, 0.3) is 0 Å². The molecule has 0 aromatic carbocycles. The van der Waals surface area contributed by atoms with Gasteiger partial charge in [0.1, 0.15) is 11.1 Å². The number of thiophene rings is 2. The normalized spacial score (nSPS) is 12.5. The van der Waals surface area contributed by atoms with Crippen LogP contribution in [0.15, 0.2) is 16.8 Å². The number of carbonyl (C=O) groups is 2. The molecule has 0 bridgehead atoms. The number of anilines is 1. The van der Waals surface area contributed by atoms with E-state index in [4.69, 9.17) is 4.74 Å². The van der Waals surface area contributed by atoms with E-state index in [2.05, 4.69) is 11.4 Å². The summed E-state index contributed by atoms with van der Waals surface area (Å²) in [5.74, 6) is -0.854. The van der Waals surface area contributed by atoms with E-state index in [9.17, 15) is 14.9 Å². The third-order valence-electron chi connectivity index (χ3n) is 3.58. The smallest absolute Gasteiger partial charge is 0.310 e. The Bertz CT molecular complexity index is 772. The maximum atomic E-state index is 11.9. The van der Waals surface area contributed by atoms with Crippen LogP contribution in [0.4, 0.5) is 5.00 Å². The van der Waals surface area contributed by atoms with Gasteiger partial charge in [-0.2, -0.15) is 16.6 Å². The van der Waals surface area contributed by atoms with Crippen molar-refractivity contribution in [2.45, 2.75) is 25.7 Å². The summed E-state index contributed by atoms with van der Waals surface area (Å²) in [6, 6.07) is 4.01. The highest BCUT2D eigenvalue weighted by molar-refractivity contribution is 7.16. The molecule has 0 spiro atoms. The van der Waals surface area contributed by atoms with Crippen LogP contribution in [0.5, 0.6) is 0 Å². The van der Waals surface area contributed by atoms with Gasteiger partial charge >= 0.3 is 5.97 Å². The first kappa shape index (κ1) is 15.7.